The van der Waals surface area contributed by atoms with Crippen molar-refractivity contribution in [2.45, 2.75) is 19.9 Å². The number of carbonyl (C=O) groups is 2. The number of anilines is 1. The zero-order valence-electron chi connectivity index (χ0n) is 18.1. The van der Waals surface area contributed by atoms with E-state index in [1.165, 1.54) is 30.5 Å². The number of methoxy groups -OCH3 is 2. The minimum Gasteiger partial charge on any atom is -0.507 e. The third-order valence-electron chi connectivity index (χ3n) is 5.44. The second kappa shape index (κ2) is 8.47. The Morgan fingerprint density at radius 3 is 2.31 bits per heavy atom. The van der Waals surface area contributed by atoms with Crippen molar-refractivity contribution in [3.8, 4) is 11.5 Å². The van der Waals surface area contributed by atoms with Crippen LogP contribution in [0.15, 0.2) is 54.1 Å². The highest BCUT2D eigenvalue weighted by atomic mass is 32.1. The van der Waals surface area contributed by atoms with Crippen LogP contribution in [0.2, 0.25) is 0 Å². The standard InChI is InChI=1S/C24H22N2O5S/c1-13-14(2)32-24(25-13)26-20(16-10-11-17(30-3)18(12-16)31-4)19(22(28)23(26)29)21(27)15-8-6-5-7-9-15/h5-12,20,27H,1-4H3/b21-19+/t20-/m1/s1. The van der Waals surface area contributed by atoms with Crippen LogP contribution in [0.4, 0.5) is 5.13 Å². The Kier molecular flexibility index (Phi) is 5.71. The van der Waals surface area contributed by atoms with Crippen LogP contribution in [0, 0.1) is 13.8 Å². The maximum atomic E-state index is 13.2. The van der Waals surface area contributed by atoms with Gasteiger partial charge in [0.1, 0.15) is 5.76 Å². The molecule has 1 atom stereocenters. The van der Waals surface area contributed by atoms with Crippen molar-refractivity contribution in [2.75, 3.05) is 19.1 Å². The molecule has 1 aliphatic heterocycles. The van der Waals surface area contributed by atoms with E-state index >= 15 is 0 Å². The number of aromatic nitrogens is 1. The predicted octanol–water partition coefficient (Wildman–Crippen LogP) is 4.40. The third kappa shape index (κ3) is 3.52. The molecule has 1 saturated heterocycles. The van der Waals surface area contributed by atoms with Crippen molar-refractivity contribution < 1.29 is 24.2 Å². The van der Waals surface area contributed by atoms with Gasteiger partial charge >= 0.3 is 5.91 Å². The molecule has 0 spiro atoms. The smallest absolute Gasteiger partial charge is 0.301 e. The highest BCUT2D eigenvalue weighted by molar-refractivity contribution is 7.16. The normalized spacial score (nSPS) is 17.6. The van der Waals surface area contributed by atoms with E-state index in [0.29, 0.717) is 27.8 Å². The number of hydrogen-bond acceptors (Lipinski definition) is 7. The van der Waals surface area contributed by atoms with Crippen LogP contribution in [-0.2, 0) is 9.59 Å². The number of rotatable bonds is 5. The average molecular weight is 451 g/mol. The number of nitrogens with zero attached hydrogens (tertiary/aromatic N) is 2. The molecule has 0 aliphatic carbocycles. The van der Waals surface area contributed by atoms with Gasteiger partial charge in [-0.2, -0.15) is 0 Å². The van der Waals surface area contributed by atoms with Crippen LogP contribution in [0.1, 0.15) is 27.7 Å². The molecule has 1 amide bonds. The van der Waals surface area contributed by atoms with Crippen molar-refractivity contribution in [3.05, 3.63) is 75.8 Å². The third-order valence-corrected chi connectivity index (χ3v) is 6.51. The van der Waals surface area contributed by atoms with E-state index in [1.807, 2.05) is 19.9 Å². The molecule has 3 aromatic rings. The van der Waals surface area contributed by atoms with Crippen LogP contribution in [0.5, 0.6) is 11.5 Å². The summed E-state index contributed by atoms with van der Waals surface area (Å²) in [6.45, 7) is 3.75. The molecule has 0 unspecified atom stereocenters. The van der Waals surface area contributed by atoms with Crippen molar-refractivity contribution in [3.63, 3.8) is 0 Å². The molecule has 1 N–H and O–H groups in total. The van der Waals surface area contributed by atoms with E-state index in [2.05, 4.69) is 4.98 Å². The van der Waals surface area contributed by atoms with Crippen LogP contribution < -0.4 is 14.4 Å². The van der Waals surface area contributed by atoms with Crippen molar-refractivity contribution in [1.82, 2.24) is 4.98 Å². The van der Waals surface area contributed by atoms with Gasteiger partial charge in [0.05, 0.1) is 31.5 Å². The number of carbonyl (C=O) groups excluding carboxylic acids is 2. The molecule has 2 heterocycles. The Hall–Kier alpha value is -3.65. The number of amides is 1. The van der Waals surface area contributed by atoms with Crippen LogP contribution in [0.25, 0.3) is 5.76 Å². The van der Waals surface area contributed by atoms with Crippen molar-refractivity contribution in [1.29, 1.82) is 0 Å². The summed E-state index contributed by atoms with van der Waals surface area (Å²) < 4.78 is 10.8. The summed E-state index contributed by atoms with van der Waals surface area (Å²) in [7, 11) is 3.04. The molecule has 164 valence electrons. The summed E-state index contributed by atoms with van der Waals surface area (Å²) in [6.07, 6.45) is 0. The molecule has 0 bridgehead atoms. The highest BCUT2D eigenvalue weighted by Crippen LogP contribution is 2.45. The zero-order chi connectivity index (χ0) is 23.0. The second-order valence-corrected chi connectivity index (χ2v) is 8.47. The summed E-state index contributed by atoms with van der Waals surface area (Å²) in [5.74, 6) is -0.789. The number of ketones is 1. The fourth-order valence-corrected chi connectivity index (χ4v) is 4.61. The van der Waals surface area contributed by atoms with Crippen molar-refractivity contribution >= 4 is 33.9 Å². The average Bonchev–Trinajstić information content (AvgIpc) is 3.28. The molecule has 1 aliphatic rings. The van der Waals surface area contributed by atoms with Crippen LogP contribution in [0.3, 0.4) is 0 Å². The van der Waals surface area contributed by atoms with Gasteiger partial charge < -0.3 is 14.6 Å². The fourth-order valence-electron chi connectivity index (χ4n) is 3.68. The number of aliphatic hydroxyl groups excluding tert-OH is 1. The first-order valence-corrected chi connectivity index (χ1v) is 10.7. The topological polar surface area (TPSA) is 89.0 Å². The lowest BCUT2D eigenvalue weighted by molar-refractivity contribution is -0.132. The van der Waals surface area contributed by atoms with Gasteiger partial charge in [-0.15, -0.1) is 11.3 Å². The molecule has 0 saturated carbocycles. The molecule has 4 rings (SSSR count). The Labute approximate surface area is 189 Å². The SMILES string of the molecule is COc1ccc([C@@H]2/C(=C(\O)c3ccccc3)C(=O)C(=O)N2c2nc(C)c(C)s2)cc1OC. The molecule has 1 fully saturated rings. The summed E-state index contributed by atoms with van der Waals surface area (Å²) >= 11 is 1.32. The first-order valence-electron chi connectivity index (χ1n) is 9.89. The van der Waals surface area contributed by atoms with Gasteiger partial charge in [-0.05, 0) is 31.5 Å². The van der Waals surface area contributed by atoms with Crippen molar-refractivity contribution in [2.24, 2.45) is 0 Å². The van der Waals surface area contributed by atoms with Gasteiger partial charge in [0.25, 0.3) is 5.78 Å². The van der Waals surface area contributed by atoms with E-state index in [0.717, 1.165) is 10.6 Å². The number of hydrogen-bond donors (Lipinski definition) is 1. The zero-order valence-corrected chi connectivity index (χ0v) is 18.9. The van der Waals surface area contributed by atoms with E-state index in [-0.39, 0.29) is 11.3 Å². The number of aliphatic hydroxyl groups is 1. The van der Waals surface area contributed by atoms with E-state index in [1.54, 1.807) is 42.5 Å². The molecule has 1 aromatic heterocycles. The molecule has 7 nitrogen and oxygen atoms in total. The maximum absolute atomic E-state index is 13.2. The monoisotopic (exact) mass is 450 g/mol. The van der Waals surface area contributed by atoms with Gasteiger partial charge in [-0.25, -0.2) is 4.98 Å². The Bertz CT molecular complexity index is 1210. The maximum Gasteiger partial charge on any atom is 0.301 e. The Morgan fingerprint density at radius 2 is 1.72 bits per heavy atom. The fraction of sp³-hybridized carbons (Fsp3) is 0.208. The van der Waals surface area contributed by atoms with E-state index in [9.17, 15) is 14.7 Å². The molecule has 2 aromatic carbocycles. The summed E-state index contributed by atoms with van der Waals surface area (Å²) in [4.78, 5) is 33.1. The quantitative estimate of drug-likeness (QED) is 0.352. The summed E-state index contributed by atoms with van der Waals surface area (Å²) in [6, 6.07) is 13.0. The largest absolute Gasteiger partial charge is 0.507 e. The van der Waals surface area contributed by atoms with Crippen LogP contribution >= 0.6 is 11.3 Å². The lowest BCUT2D eigenvalue weighted by atomic mass is 9.95. The lowest BCUT2D eigenvalue weighted by Crippen LogP contribution is -2.29. The van der Waals surface area contributed by atoms with Gasteiger partial charge in [-0.1, -0.05) is 36.4 Å². The molecule has 8 heteroatoms. The van der Waals surface area contributed by atoms with Gasteiger partial charge in [0.15, 0.2) is 16.6 Å². The number of aryl methyl sites for hydroxylation is 2. The van der Waals surface area contributed by atoms with Gasteiger partial charge in [0, 0.05) is 10.4 Å². The van der Waals surface area contributed by atoms with E-state index < -0.39 is 17.7 Å². The minimum atomic E-state index is -0.875. The molecule has 32 heavy (non-hydrogen) atoms. The molecular formula is C24H22N2O5S. The van der Waals surface area contributed by atoms with Gasteiger partial charge in [-0.3, -0.25) is 14.5 Å². The predicted molar refractivity (Wildman–Crippen MR) is 122 cm³/mol. The van der Waals surface area contributed by atoms with Crippen LogP contribution in [-0.4, -0.2) is 36.0 Å². The lowest BCUT2D eigenvalue weighted by Gasteiger charge is -2.23. The minimum absolute atomic E-state index is 0.000994. The first kappa shape index (κ1) is 21.6. The number of Topliss-reactive ketones (excluding diaryl/α,β-unsaturated/α-hetero) is 1. The first-order chi connectivity index (χ1) is 15.4. The molecule has 0 radical (unpaired) electrons. The number of benzene rings is 2. The summed E-state index contributed by atoms with van der Waals surface area (Å²) in [5, 5.41) is 11.5. The second-order valence-electron chi connectivity index (χ2n) is 7.29. The summed E-state index contributed by atoms with van der Waals surface area (Å²) in [5.41, 5.74) is 1.81. The highest BCUT2D eigenvalue weighted by Gasteiger charge is 2.48. The number of thiazole rings is 1. The Balaban J connectivity index is 1.97. The van der Waals surface area contributed by atoms with Gasteiger partial charge in [0.2, 0.25) is 0 Å². The number of ether oxygens (including phenoxy) is 2. The molecular weight excluding hydrogens is 428 g/mol. The van der Waals surface area contributed by atoms with E-state index in [4.69, 9.17) is 9.47 Å². The Morgan fingerprint density at radius 1 is 1.03 bits per heavy atom.